The van der Waals surface area contributed by atoms with Crippen molar-refractivity contribution in [2.24, 2.45) is 5.14 Å². The molecular formula is C21H21FN4O4S. The maximum absolute atomic E-state index is 13.5. The summed E-state index contributed by atoms with van der Waals surface area (Å²) in [5.74, 6) is -0.177. The predicted octanol–water partition coefficient (Wildman–Crippen LogP) is 2.85. The zero-order valence-electron chi connectivity index (χ0n) is 16.8. The Hall–Kier alpha value is -3.11. The summed E-state index contributed by atoms with van der Waals surface area (Å²) in [5.41, 5.74) is 1.46. The number of benzene rings is 2. The second-order valence-corrected chi connectivity index (χ2v) is 9.14. The van der Waals surface area contributed by atoms with Gasteiger partial charge >= 0.3 is 0 Å². The molecule has 0 saturated carbocycles. The van der Waals surface area contributed by atoms with Gasteiger partial charge < -0.3 is 9.42 Å². The zero-order valence-corrected chi connectivity index (χ0v) is 17.6. The molecule has 8 nitrogen and oxygen atoms in total. The van der Waals surface area contributed by atoms with Crippen LogP contribution in [0.5, 0.6) is 0 Å². The van der Waals surface area contributed by atoms with E-state index < -0.39 is 15.8 Å². The summed E-state index contributed by atoms with van der Waals surface area (Å²) in [6.45, 7) is 2.62. The molecule has 3 aromatic rings. The normalized spacial score (nSPS) is 17.0. The standard InChI is InChI=1S/C21H21FN4O4S/c1-13-7-8-17(31(23,28)29)11-18(13)21(27)26-9-3-5-15(12-26)20-24-19(25-30-20)14-4-2-6-16(22)10-14/h2,4,6-8,10-11,15H,3,5,9,12H2,1H3,(H2,23,28,29). The highest BCUT2D eigenvalue weighted by Crippen LogP contribution is 2.29. The lowest BCUT2D eigenvalue weighted by atomic mass is 9.96. The number of sulfonamides is 1. The lowest BCUT2D eigenvalue weighted by Gasteiger charge is -2.31. The van der Waals surface area contributed by atoms with Crippen molar-refractivity contribution in [2.45, 2.75) is 30.6 Å². The molecule has 0 radical (unpaired) electrons. The van der Waals surface area contributed by atoms with E-state index >= 15 is 0 Å². The molecule has 1 unspecified atom stereocenters. The number of likely N-dealkylation sites (tertiary alicyclic amines) is 1. The Labute approximate surface area is 178 Å². The Kier molecular flexibility index (Phi) is 5.59. The molecule has 1 aliphatic heterocycles. The fourth-order valence-corrected chi connectivity index (χ4v) is 4.23. The van der Waals surface area contributed by atoms with Crippen LogP contribution < -0.4 is 5.14 Å². The number of halogens is 1. The molecule has 2 heterocycles. The third kappa shape index (κ3) is 4.49. The van der Waals surface area contributed by atoms with Gasteiger partial charge in [0.1, 0.15) is 5.82 Å². The van der Waals surface area contributed by atoms with E-state index in [4.69, 9.17) is 9.66 Å². The van der Waals surface area contributed by atoms with Gasteiger partial charge in [-0.1, -0.05) is 23.4 Å². The lowest BCUT2D eigenvalue weighted by molar-refractivity contribution is 0.0694. The number of primary sulfonamides is 1. The van der Waals surface area contributed by atoms with Crippen molar-refractivity contribution < 1.29 is 22.1 Å². The first-order chi connectivity index (χ1) is 14.7. The van der Waals surface area contributed by atoms with E-state index in [1.54, 1.807) is 30.0 Å². The number of nitrogens with two attached hydrogens (primary N) is 1. The lowest BCUT2D eigenvalue weighted by Crippen LogP contribution is -2.39. The molecule has 2 aromatic carbocycles. The summed E-state index contributed by atoms with van der Waals surface area (Å²) in [5, 5.41) is 9.15. The number of hydrogen-bond acceptors (Lipinski definition) is 6. The van der Waals surface area contributed by atoms with Gasteiger partial charge in [0.25, 0.3) is 5.91 Å². The van der Waals surface area contributed by atoms with Crippen LogP contribution in [0.1, 0.15) is 40.6 Å². The molecule has 0 spiro atoms. The number of nitrogens with zero attached hydrogens (tertiary/aromatic N) is 3. The Bertz CT molecular complexity index is 1240. The van der Waals surface area contributed by atoms with Crippen LogP contribution in [0.15, 0.2) is 51.9 Å². The van der Waals surface area contributed by atoms with Crippen LogP contribution in [-0.4, -0.2) is 42.5 Å². The molecule has 0 aliphatic carbocycles. The number of aromatic nitrogens is 2. The van der Waals surface area contributed by atoms with Crippen molar-refractivity contribution in [2.75, 3.05) is 13.1 Å². The fourth-order valence-electron chi connectivity index (χ4n) is 3.69. The summed E-state index contributed by atoms with van der Waals surface area (Å²) in [4.78, 5) is 19.1. The number of rotatable bonds is 4. The molecule has 162 valence electrons. The van der Waals surface area contributed by atoms with E-state index in [2.05, 4.69) is 10.1 Å². The average Bonchev–Trinajstić information content (AvgIpc) is 3.23. The van der Waals surface area contributed by atoms with Crippen LogP contribution in [0.2, 0.25) is 0 Å². The van der Waals surface area contributed by atoms with Gasteiger partial charge in [0.05, 0.1) is 10.8 Å². The van der Waals surface area contributed by atoms with Gasteiger partial charge in [-0.15, -0.1) is 0 Å². The van der Waals surface area contributed by atoms with Crippen LogP contribution in [0.25, 0.3) is 11.4 Å². The van der Waals surface area contributed by atoms with Crippen molar-refractivity contribution in [1.29, 1.82) is 0 Å². The van der Waals surface area contributed by atoms with Crippen molar-refractivity contribution in [1.82, 2.24) is 15.0 Å². The first-order valence-corrected chi connectivity index (χ1v) is 11.3. The molecule has 4 rings (SSSR count). The Morgan fingerprint density at radius 1 is 1.26 bits per heavy atom. The van der Waals surface area contributed by atoms with Crippen LogP contribution in [0.3, 0.4) is 0 Å². The summed E-state index contributed by atoms with van der Waals surface area (Å²) < 4.78 is 42.2. The van der Waals surface area contributed by atoms with E-state index in [1.165, 1.54) is 24.3 Å². The molecule has 2 N–H and O–H groups in total. The minimum Gasteiger partial charge on any atom is -0.339 e. The number of carbonyl (C=O) groups is 1. The molecule has 31 heavy (non-hydrogen) atoms. The molecular weight excluding hydrogens is 423 g/mol. The summed E-state index contributed by atoms with van der Waals surface area (Å²) >= 11 is 0. The fraction of sp³-hybridized carbons (Fsp3) is 0.286. The van der Waals surface area contributed by atoms with Gasteiger partial charge in [-0.3, -0.25) is 4.79 Å². The number of aryl methyl sites for hydroxylation is 1. The van der Waals surface area contributed by atoms with E-state index in [9.17, 15) is 17.6 Å². The Morgan fingerprint density at radius 2 is 2.06 bits per heavy atom. The van der Waals surface area contributed by atoms with Crippen LogP contribution in [0, 0.1) is 12.7 Å². The highest BCUT2D eigenvalue weighted by atomic mass is 32.2. The van der Waals surface area contributed by atoms with Crippen LogP contribution in [0.4, 0.5) is 4.39 Å². The number of piperidine rings is 1. The molecule has 1 fully saturated rings. The topological polar surface area (TPSA) is 119 Å². The highest BCUT2D eigenvalue weighted by Gasteiger charge is 2.30. The average molecular weight is 444 g/mol. The quantitative estimate of drug-likeness (QED) is 0.661. The predicted molar refractivity (Wildman–Crippen MR) is 110 cm³/mol. The smallest absolute Gasteiger partial charge is 0.254 e. The van der Waals surface area contributed by atoms with Gasteiger partial charge in [-0.25, -0.2) is 17.9 Å². The van der Waals surface area contributed by atoms with Crippen molar-refractivity contribution in [3.05, 3.63) is 65.3 Å². The molecule has 1 aliphatic rings. The second-order valence-electron chi connectivity index (χ2n) is 7.58. The Balaban J connectivity index is 1.55. The van der Waals surface area contributed by atoms with Crippen molar-refractivity contribution in [3.63, 3.8) is 0 Å². The summed E-state index contributed by atoms with van der Waals surface area (Å²) in [7, 11) is -3.92. The van der Waals surface area contributed by atoms with Gasteiger partial charge in [0, 0.05) is 24.2 Å². The molecule has 1 amide bonds. The van der Waals surface area contributed by atoms with Gasteiger partial charge in [0.2, 0.25) is 21.7 Å². The van der Waals surface area contributed by atoms with Gasteiger partial charge in [0.15, 0.2) is 0 Å². The SMILES string of the molecule is Cc1ccc(S(N)(=O)=O)cc1C(=O)N1CCCC(c2nc(-c3cccc(F)c3)no2)C1. The minimum atomic E-state index is -3.92. The van der Waals surface area contributed by atoms with E-state index in [0.717, 1.165) is 12.8 Å². The van der Waals surface area contributed by atoms with Gasteiger partial charge in [-0.2, -0.15) is 4.98 Å². The highest BCUT2D eigenvalue weighted by molar-refractivity contribution is 7.89. The third-order valence-corrected chi connectivity index (χ3v) is 6.26. The zero-order chi connectivity index (χ0) is 22.2. The first-order valence-electron chi connectivity index (χ1n) is 9.74. The van der Waals surface area contributed by atoms with E-state index in [1.807, 2.05) is 0 Å². The maximum atomic E-state index is 13.5. The van der Waals surface area contributed by atoms with Crippen LogP contribution in [-0.2, 0) is 10.0 Å². The maximum Gasteiger partial charge on any atom is 0.254 e. The van der Waals surface area contributed by atoms with E-state index in [-0.39, 0.29) is 28.1 Å². The number of hydrogen-bond donors (Lipinski definition) is 1. The van der Waals surface area contributed by atoms with E-state index in [0.29, 0.717) is 30.1 Å². The molecule has 10 heteroatoms. The monoisotopic (exact) mass is 444 g/mol. The third-order valence-electron chi connectivity index (χ3n) is 5.35. The molecule has 1 aromatic heterocycles. The van der Waals surface area contributed by atoms with Crippen LogP contribution >= 0.6 is 0 Å². The van der Waals surface area contributed by atoms with Crippen molar-refractivity contribution >= 4 is 15.9 Å². The summed E-state index contributed by atoms with van der Waals surface area (Å²) in [6, 6.07) is 10.2. The molecule has 1 atom stereocenters. The van der Waals surface area contributed by atoms with Crippen molar-refractivity contribution in [3.8, 4) is 11.4 Å². The van der Waals surface area contributed by atoms with Gasteiger partial charge in [-0.05, 0) is 49.6 Å². The summed E-state index contributed by atoms with van der Waals surface area (Å²) in [6.07, 6.45) is 1.48. The second kappa shape index (κ2) is 8.20. The number of carbonyl (C=O) groups excluding carboxylic acids is 1. The largest absolute Gasteiger partial charge is 0.339 e. The molecule has 1 saturated heterocycles. The Morgan fingerprint density at radius 3 is 2.81 bits per heavy atom. The molecule has 0 bridgehead atoms. The minimum absolute atomic E-state index is 0.105. The number of amides is 1. The first kappa shape index (κ1) is 21.1.